The van der Waals surface area contributed by atoms with Crippen LogP contribution >= 0.6 is 0 Å². The summed E-state index contributed by atoms with van der Waals surface area (Å²) < 4.78 is 11.4. The normalized spacial score (nSPS) is 40.9. The van der Waals surface area contributed by atoms with E-state index < -0.39 is 0 Å². The molecule has 0 aromatic heterocycles. The number of carbonyl (C=O) groups is 2. The number of hydrogen-bond donors (Lipinski definition) is 1. The average molecular weight is 588 g/mol. The molecular formula is C37H65NO4. The van der Waals surface area contributed by atoms with Gasteiger partial charge in [-0.15, -0.1) is 0 Å². The molecule has 0 aromatic carbocycles. The summed E-state index contributed by atoms with van der Waals surface area (Å²) in [5.41, 5.74) is 1.33. The third-order valence-corrected chi connectivity index (χ3v) is 14.5. The zero-order chi connectivity index (χ0) is 31.1. The van der Waals surface area contributed by atoms with Crippen LogP contribution < -0.4 is 5.32 Å². The summed E-state index contributed by atoms with van der Waals surface area (Å²) in [6, 6.07) is 0. The van der Waals surface area contributed by atoms with Crippen molar-refractivity contribution in [3.8, 4) is 0 Å². The molecule has 0 aromatic rings. The van der Waals surface area contributed by atoms with Crippen LogP contribution in [0.25, 0.3) is 0 Å². The first kappa shape index (κ1) is 33.8. The van der Waals surface area contributed by atoms with Crippen LogP contribution in [0.5, 0.6) is 0 Å². The molecule has 1 N–H and O–H groups in total. The van der Waals surface area contributed by atoms with Crippen molar-refractivity contribution >= 4 is 11.9 Å². The minimum absolute atomic E-state index is 0.0277. The van der Waals surface area contributed by atoms with E-state index in [0.717, 1.165) is 31.2 Å². The lowest BCUT2D eigenvalue weighted by molar-refractivity contribution is -0.242. The van der Waals surface area contributed by atoms with Crippen LogP contribution in [0, 0.1) is 56.7 Å². The van der Waals surface area contributed by atoms with E-state index in [4.69, 9.17) is 9.47 Å². The predicted octanol–water partition coefficient (Wildman–Crippen LogP) is 8.59. The Balaban J connectivity index is 1.50. The highest BCUT2D eigenvalue weighted by molar-refractivity contribution is 5.69. The number of esters is 2. The van der Waals surface area contributed by atoms with Crippen LogP contribution in [0.4, 0.5) is 0 Å². The molecule has 4 rings (SSSR count). The number of carbonyl (C=O) groups excluding carboxylic acids is 2. The third-order valence-electron chi connectivity index (χ3n) is 14.5. The molecule has 4 aliphatic carbocycles. The first-order valence-electron chi connectivity index (χ1n) is 17.6. The van der Waals surface area contributed by atoms with E-state index in [9.17, 15) is 9.59 Å². The van der Waals surface area contributed by atoms with Gasteiger partial charge in [0.25, 0.3) is 0 Å². The van der Waals surface area contributed by atoms with E-state index in [1.54, 1.807) is 6.92 Å². The Bertz CT molecular complexity index is 975. The highest BCUT2D eigenvalue weighted by Gasteiger charge is 2.71. The smallest absolute Gasteiger partial charge is 0.307 e. The fraction of sp³-hybridized carbons (Fsp3) is 0.946. The largest absolute Gasteiger partial charge is 0.466 e. The Kier molecular flexibility index (Phi) is 9.94. The zero-order valence-electron chi connectivity index (χ0n) is 29.0. The lowest BCUT2D eigenvalue weighted by Crippen LogP contribution is -2.66. The number of unbranched alkanes of at least 4 members (excludes halogenated alkanes) is 1. The van der Waals surface area contributed by atoms with Crippen molar-refractivity contribution in [2.45, 2.75) is 146 Å². The quantitative estimate of drug-likeness (QED) is 0.194. The molecule has 4 unspecified atom stereocenters. The van der Waals surface area contributed by atoms with E-state index in [1.165, 1.54) is 51.4 Å². The van der Waals surface area contributed by atoms with Crippen molar-refractivity contribution in [2.24, 2.45) is 56.7 Å². The Morgan fingerprint density at radius 3 is 2.26 bits per heavy atom. The van der Waals surface area contributed by atoms with Gasteiger partial charge in [0.1, 0.15) is 6.10 Å². The molecule has 0 bridgehead atoms. The van der Waals surface area contributed by atoms with Crippen molar-refractivity contribution < 1.29 is 19.1 Å². The standard InChI is InChI=1S/C37H65NO4/c1-11-41-31(40)17-23-38-22-13-12-18-33(4,5)27-15-20-37(10)32(27)28(42-26(3)39)24-30-35(8)19-14-25(2)34(6,7)29(35)16-21-36(30,37)9/h25,27-30,32,38H,11-24H2,1-10H3/t25-,27?,28?,29?,30?,32-,35-,36+,37+/m0/s1. The van der Waals surface area contributed by atoms with E-state index in [0.29, 0.717) is 48.2 Å². The van der Waals surface area contributed by atoms with Gasteiger partial charge in [0, 0.05) is 19.4 Å². The Morgan fingerprint density at radius 2 is 1.60 bits per heavy atom. The Hall–Kier alpha value is -1.10. The fourth-order valence-electron chi connectivity index (χ4n) is 11.7. The molecule has 4 saturated carbocycles. The summed E-state index contributed by atoms with van der Waals surface area (Å²) >= 11 is 0. The molecule has 0 saturated heterocycles. The first-order valence-corrected chi connectivity index (χ1v) is 17.6. The summed E-state index contributed by atoms with van der Waals surface area (Å²) in [6.45, 7) is 26.0. The molecule has 42 heavy (non-hydrogen) atoms. The Morgan fingerprint density at radius 1 is 0.905 bits per heavy atom. The Labute approximate surface area is 258 Å². The van der Waals surface area contributed by atoms with E-state index in [2.05, 4.69) is 60.7 Å². The lowest BCUT2D eigenvalue weighted by Gasteiger charge is -2.71. The highest BCUT2D eigenvalue weighted by atomic mass is 16.5. The molecule has 4 fully saturated rings. The van der Waals surface area contributed by atoms with Gasteiger partial charge in [0.15, 0.2) is 0 Å². The second-order valence-electron chi connectivity index (χ2n) is 17.1. The topological polar surface area (TPSA) is 64.6 Å². The van der Waals surface area contributed by atoms with Crippen molar-refractivity contribution in [3.05, 3.63) is 0 Å². The predicted molar refractivity (Wildman–Crippen MR) is 171 cm³/mol. The van der Waals surface area contributed by atoms with Crippen molar-refractivity contribution in [2.75, 3.05) is 19.7 Å². The molecular weight excluding hydrogens is 522 g/mol. The molecule has 0 aliphatic heterocycles. The SMILES string of the molecule is CCOC(=O)CCNCCCCC(C)(C)C1CC[C@]2(C)[C@@H]1C(OC(C)=O)CC1[C@@]3(C)CC[C@H](C)C(C)(C)C3CC[C@]12C. The van der Waals surface area contributed by atoms with Gasteiger partial charge in [-0.3, -0.25) is 9.59 Å². The second-order valence-corrected chi connectivity index (χ2v) is 17.1. The molecule has 5 heteroatoms. The van der Waals surface area contributed by atoms with Crippen molar-refractivity contribution in [1.29, 1.82) is 0 Å². The van der Waals surface area contributed by atoms with E-state index in [-0.39, 0.29) is 34.3 Å². The van der Waals surface area contributed by atoms with Gasteiger partial charge in [-0.05, 0) is 122 Å². The minimum Gasteiger partial charge on any atom is -0.466 e. The minimum atomic E-state index is -0.120. The van der Waals surface area contributed by atoms with Crippen LogP contribution in [0.15, 0.2) is 0 Å². The van der Waals surface area contributed by atoms with Gasteiger partial charge >= 0.3 is 11.9 Å². The van der Waals surface area contributed by atoms with Crippen LogP contribution in [0.1, 0.15) is 140 Å². The number of ether oxygens (including phenoxy) is 2. The molecule has 4 aliphatic rings. The van der Waals surface area contributed by atoms with Gasteiger partial charge in [0.05, 0.1) is 13.0 Å². The van der Waals surface area contributed by atoms with Crippen LogP contribution in [0.3, 0.4) is 0 Å². The second kappa shape index (κ2) is 12.4. The maximum absolute atomic E-state index is 12.6. The van der Waals surface area contributed by atoms with Crippen molar-refractivity contribution in [1.82, 2.24) is 5.32 Å². The van der Waals surface area contributed by atoms with E-state index in [1.807, 2.05) is 6.92 Å². The maximum atomic E-state index is 12.6. The number of rotatable bonds is 11. The summed E-state index contributed by atoms with van der Waals surface area (Å²) in [5, 5.41) is 3.42. The average Bonchev–Trinajstić information content (AvgIpc) is 3.27. The zero-order valence-corrected chi connectivity index (χ0v) is 29.0. The molecule has 9 atom stereocenters. The monoisotopic (exact) mass is 587 g/mol. The maximum Gasteiger partial charge on any atom is 0.307 e. The summed E-state index contributed by atoms with van der Waals surface area (Å²) in [4.78, 5) is 24.2. The summed E-state index contributed by atoms with van der Waals surface area (Å²) in [7, 11) is 0. The van der Waals surface area contributed by atoms with Crippen LogP contribution in [-0.2, 0) is 19.1 Å². The molecule has 0 heterocycles. The van der Waals surface area contributed by atoms with Gasteiger partial charge in [-0.25, -0.2) is 0 Å². The highest BCUT2D eigenvalue weighted by Crippen LogP contribution is 2.76. The number of hydrogen-bond acceptors (Lipinski definition) is 5. The van der Waals surface area contributed by atoms with Crippen molar-refractivity contribution in [3.63, 3.8) is 0 Å². The number of nitrogens with one attached hydrogen (secondary N) is 1. The van der Waals surface area contributed by atoms with Crippen LogP contribution in [-0.4, -0.2) is 37.7 Å². The third kappa shape index (κ3) is 5.83. The molecule has 0 spiro atoms. The lowest BCUT2D eigenvalue weighted by atomic mass is 9.34. The molecule has 242 valence electrons. The van der Waals surface area contributed by atoms with Gasteiger partial charge in [0.2, 0.25) is 0 Å². The van der Waals surface area contributed by atoms with Gasteiger partial charge in [-0.2, -0.15) is 0 Å². The van der Waals surface area contributed by atoms with Crippen LogP contribution in [0.2, 0.25) is 0 Å². The number of fused-ring (bicyclic) bond motifs is 5. The summed E-state index contributed by atoms with van der Waals surface area (Å²) in [5.74, 6) is 2.88. The summed E-state index contributed by atoms with van der Waals surface area (Å²) in [6.07, 6.45) is 12.8. The first-order chi connectivity index (χ1) is 19.5. The fourth-order valence-corrected chi connectivity index (χ4v) is 11.7. The van der Waals surface area contributed by atoms with Gasteiger partial charge in [-0.1, -0.05) is 61.8 Å². The van der Waals surface area contributed by atoms with Gasteiger partial charge < -0.3 is 14.8 Å². The molecule has 0 amide bonds. The van der Waals surface area contributed by atoms with E-state index >= 15 is 0 Å². The molecule has 0 radical (unpaired) electrons. The molecule has 5 nitrogen and oxygen atoms in total.